The van der Waals surface area contributed by atoms with E-state index in [1.807, 2.05) is 72.8 Å². The maximum absolute atomic E-state index is 6.53. The number of hydrogen-bond acceptors (Lipinski definition) is 5. The number of furan rings is 2. The summed E-state index contributed by atoms with van der Waals surface area (Å²) in [5.74, 6) is 0.584. The van der Waals surface area contributed by atoms with E-state index in [1.54, 1.807) is 0 Å². The lowest BCUT2D eigenvalue weighted by Gasteiger charge is -2.28. The zero-order chi connectivity index (χ0) is 31.6. The Morgan fingerprint density at radius 2 is 1.08 bits per heavy atom. The molecule has 0 bridgehead atoms. The minimum absolute atomic E-state index is 0.584. The van der Waals surface area contributed by atoms with Crippen LogP contribution in [0.25, 0.3) is 77.6 Å². The van der Waals surface area contributed by atoms with Crippen molar-refractivity contribution in [1.29, 1.82) is 0 Å². The molecule has 0 amide bonds. The van der Waals surface area contributed by atoms with Crippen molar-refractivity contribution in [3.05, 3.63) is 158 Å². The molecular weight excluding hydrogens is 592 g/mol. The maximum Gasteiger partial charge on any atom is 0.227 e. The number of para-hydroxylation sites is 2. The van der Waals surface area contributed by atoms with E-state index in [2.05, 4.69) is 89.8 Å². The van der Waals surface area contributed by atoms with E-state index in [1.165, 1.54) is 0 Å². The Kier molecular flexibility index (Phi) is 5.81. The van der Waals surface area contributed by atoms with E-state index in [0.29, 0.717) is 11.5 Å². The van der Waals surface area contributed by atoms with Crippen molar-refractivity contribution < 1.29 is 13.3 Å². The van der Waals surface area contributed by atoms with Gasteiger partial charge in [0.1, 0.15) is 27.8 Å². The van der Waals surface area contributed by atoms with Crippen molar-refractivity contribution in [2.45, 2.75) is 0 Å². The summed E-state index contributed by atoms with van der Waals surface area (Å²) in [4.78, 5) is 7.20. The summed E-state index contributed by atoms with van der Waals surface area (Å²) >= 11 is 0. The number of anilines is 3. The fourth-order valence-electron chi connectivity index (χ4n) is 6.91. The summed E-state index contributed by atoms with van der Waals surface area (Å²) in [5.41, 5.74) is 10.8. The van der Waals surface area contributed by atoms with Crippen LogP contribution in [0.2, 0.25) is 0 Å². The monoisotopic (exact) mass is 618 g/mol. The van der Waals surface area contributed by atoms with Gasteiger partial charge in [0.25, 0.3) is 0 Å². The van der Waals surface area contributed by atoms with Crippen LogP contribution in [0.1, 0.15) is 0 Å². The van der Waals surface area contributed by atoms with Gasteiger partial charge in [-0.15, -0.1) is 0 Å². The molecule has 5 nitrogen and oxygen atoms in total. The van der Waals surface area contributed by atoms with Crippen molar-refractivity contribution in [3.8, 4) is 22.6 Å². The third-order valence-electron chi connectivity index (χ3n) is 9.10. The van der Waals surface area contributed by atoms with E-state index in [4.69, 9.17) is 18.2 Å². The Balaban J connectivity index is 1.24. The Hall–Kier alpha value is -6.59. The third-order valence-corrected chi connectivity index (χ3v) is 9.10. The van der Waals surface area contributed by atoms with Gasteiger partial charge in [0.2, 0.25) is 5.89 Å². The summed E-state index contributed by atoms with van der Waals surface area (Å²) in [6, 6.07) is 53.9. The molecule has 7 aromatic carbocycles. The Labute approximate surface area is 274 Å². The molecule has 0 atom stereocenters. The first-order valence-electron chi connectivity index (χ1n) is 16.0. The standard InChI is InChI=1S/C43H26N2O3/c1-3-12-27(13-4-1)30-16-7-9-18-35(30)45(29-22-23-32-31-17-8-10-20-37(31)46-39(32)24-29)36-19-11-21-38-42(36)33-25-34-41(26-40(33)47-38)48-43(44-34)28-14-5-2-6-15-28/h1-26H. The SMILES string of the molecule is c1ccc(-c2nc3cc4c(cc3o2)oc2cccc(N(c3ccc5c(c3)oc3ccccc35)c3ccccc3-c3ccccc3)c24)cc1. The molecule has 5 heteroatoms. The molecule has 0 radical (unpaired) electrons. The maximum atomic E-state index is 6.53. The average molecular weight is 619 g/mol. The molecule has 48 heavy (non-hydrogen) atoms. The van der Waals surface area contributed by atoms with Gasteiger partial charge in [0.15, 0.2) is 5.58 Å². The van der Waals surface area contributed by atoms with Gasteiger partial charge in [-0.25, -0.2) is 4.98 Å². The first kappa shape index (κ1) is 26.6. The van der Waals surface area contributed by atoms with Gasteiger partial charge in [0.05, 0.1) is 16.8 Å². The van der Waals surface area contributed by atoms with Crippen molar-refractivity contribution >= 4 is 72.0 Å². The molecule has 10 aromatic rings. The first-order valence-corrected chi connectivity index (χ1v) is 16.0. The number of nitrogens with zero attached hydrogens (tertiary/aromatic N) is 2. The van der Waals surface area contributed by atoms with Crippen LogP contribution < -0.4 is 4.90 Å². The zero-order valence-electron chi connectivity index (χ0n) is 25.6. The molecule has 0 aliphatic rings. The van der Waals surface area contributed by atoms with Crippen molar-refractivity contribution in [3.63, 3.8) is 0 Å². The molecule has 0 aliphatic carbocycles. The molecule has 10 rings (SSSR count). The summed E-state index contributed by atoms with van der Waals surface area (Å²) in [6.07, 6.45) is 0. The van der Waals surface area contributed by atoms with Crippen LogP contribution in [-0.4, -0.2) is 4.98 Å². The molecule has 0 saturated carbocycles. The molecule has 3 aromatic heterocycles. The topological polar surface area (TPSA) is 55.6 Å². The zero-order valence-corrected chi connectivity index (χ0v) is 25.6. The van der Waals surface area contributed by atoms with Gasteiger partial charge in [-0.3, -0.25) is 0 Å². The fourth-order valence-corrected chi connectivity index (χ4v) is 6.91. The number of rotatable bonds is 5. The van der Waals surface area contributed by atoms with E-state index in [-0.39, 0.29) is 0 Å². The largest absolute Gasteiger partial charge is 0.456 e. The number of hydrogen-bond donors (Lipinski definition) is 0. The smallest absolute Gasteiger partial charge is 0.227 e. The molecule has 0 unspecified atom stereocenters. The molecule has 0 N–H and O–H groups in total. The minimum atomic E-state index is 0.584. The summed E-state index contributed by atoms with van der Waals surface area (Å²) in [6.45, 7) is 0. The Morgan fingerprint density at radius 1 is 0.417 bits per heavy atom. The van der Waals surface area contributed by atoms with E-state index in [9.17, 15) is 0 Å². The van der Waals surface area contributed by atoms with Crippen molar-refractivity contribution in [2.75, 3.05) is 4.90 Å². The van der Waals surface area contributed by atoms with Crippen LogP contribution in [0, 0.1) is 0 Å². The second kappa shape index (κ2) is 10.5. The van der Waals surface area contributed by atoms with Crippen molar-refractivity contribution in [2.24, 2.45) is 0 Å². The van der Waals surface area contributed by atoms with Gasteiger partial charge >= 0.3 is 0 Å². The molecular formula is C43H26N2O3. The normalized spacial score (nSPS) is 11.8. The molecule has 0 fully saturated rings. The molecule has 0 saturated heterocycles. The summed E-state index contributed by atoms with van der Waals surface area (Å²) in [5, 5.41) is 4.14. The van der Waals surface area contributed by atoms with Crippen LogP contribution in [0.3, 0.4) is 0 Å². The number of aromatic nitrogens is 1. The van der Waals surface area contributed by atoms with Crippen LogP contribution in [0.15, 0.2) is 171 Å². The fraction of sp³-hybridized carbons (Fsp3) is 0. The lowest BCUT2D eigenvalue weighted by Crippen LogP contribution is -2.11. The molecule has 3 heterocycles. The van der Waals surface area contributed by atoms with E-state index < -0.39 is 0 Å². The second-order valence-corrected chi connectivity index (χ2v) is 12.0. The highest BCUT2D eigenvalue weighted by molar-refractivity contribution is 6.16. The molecule has 226 valence electrons. The third kappa shape index (κ3) is 4.15. The van der Waals surface area contributed by atoms with Gasteiger partial charge in [-0.2, -0.15) is 0 Å². The Morgan fingerprint density at radius 3 is 1.96 bits per heavy atom. The van der Waals surface area contributed by atoms with Crippen LogP contribution in [-0.2, 0) is 0 Å². The number of fused-ring (bicyclic) bond motifs is 7. The van der Waals surface area contributed by atoms with Crippen molar-refractivity contribution in [1.82, 2.24) is 4.98 Å². The average Bonchev–Trinajstić information content (AvgIpc) is 3.84. The highest BCUT2D eigenvalue weighted by Crippen LogP contribution is 2.47. The number of oxazole rings is 1. The summed E-state index contributed by atoms with van der Waals surface area (Å²) in [7, 11) is 0. The number of benzene rings is 7. The minimum Gasteiger partial charge on any atom is -0.456 e. The van der Waals surface area contributed by atoms with Gasteiger partial charge in [-0.05, 0) is 60.2 Å². The van der Waals surface area contributed by atoms with Crippen LogP contribution in [0.5, 0.6) is 0 Å². The molecule has 0 aliphatic heterocycles. The predicted molar refractivity (Wildman–Crippen MR) is 194 cm³/mol. The van der Waals surface area contributed by atoms with Crippen LogP contribution >= 0.6 is 0 Å². The quantitative estimate of drug-likeness (QED) is 0.192. The van der Waals surface area contributed by atoms with Gasteiger partial charge in [0, 0.05) is 45.1 Å². The predicted octanol–water partition coefficient (Wildman–Crippen LogP) is 12.4. The van der Waals surface area contributed by atoms with E-state index in [0.717, 1.165) is 83.1 Å². The first-order chi connectivity index (χ1) is 23.8. The molecule has 0 spiro atoms. The lowest BCUT2D eigenvalue weighted by atomic mass is 10.0. The summed E-state index contributed by atoms with van der Waals surface area (Å²) < 4.78 is 19.1. The van der Waals surface area contributed by atoms with E-state index >= 15 is 0 Å². The second-order valence-electron chi connectivity index (χ2n) is 12.0. The van der Waals surface area contributed by atoms with Gasteiger partial charge in [-0.1, -0.05) is 91.0 Å². The highest BCUT2D eigenvalue weighted by atomic mass is 16.4. The van der Waals surface area contributed by atoms with Crippen LogP contribution in [0.4, 0.5) is 17.1 Å². The van der Waals surface area contributed by atoms with Gasteiger partial charge < -0.3 is 18.2 Å². The highest BCUT2D eigenvalue weighted by Gasteiger charge is 2.23. The lowest BCUT2D eigenvalue weighted by molar-refractivity contribution is 0.617. The Bertz CT molecular complexity index is 2790.